The minimum Gasteiger partial charge on any atom is -0.444 e. The zero-order chi connectivity index (χ0) is 22.1. The molecule has 156 valence electrons. The van der Waals surface area contributed by atoms with Gasteiger partial charge in [-0.05, 0) is 62.4 Å². The van der Waals surface area contributed by atoms with Gasteiger partial charge in [-0.3, -0.25) is 15.1 Å². The molecule has 0 atom stereocenters. The van der Waals surface area contributed by atoms with E-state index < -0.39 is 11.7 Å². The first-order valence-electron chi connectivity index (χ1n) is 9.35. The molecule has 8 heteroatoms. The van der Waals surface area contributed by atoms with E-state index in [1.54, 1.807) is 45.4 Å². The molecule has 0 fully saturated rings. The Labute approximate surface area is 179 Å². The Morgan fingerprint density at radius 2 is 1.80 bits per heavy atom. The normalized spacial score (nSPS) is 11.3. The summed E-state index contributed by atoms with van der Waals surface area (Å²) in [6, 6.07) is 5.53. The summed E-state index contributed by atoms with van der Waals surface area (Å²) in [4.78, 5) is 32.0. The van der Waals surface area contributed by atoms with Gasteiger partial charge in [-0.25, -0.2) is 9.78 Å². The van der Waals surface area contributed by atoms with Crippen LogP contribution in [0.5, 0.6) is 0 Å². The number of aromatic nitrogens is 2. The van der Waals surface area contributed by atoms with E-state index in [0.29, 0.717) is 16.5 Å². The van der Waals surface area contributed by atoms with Gasteiger partial charge in [0.2, 0.25) is 5.91 Å². The van der Waals surface area contributed by atoms with Crippen LogP contribution in [-0.2, 0) is 9.53 Å². The van der Waals surface area contributed by atoms with Gasteiger partial charge in [0.05, 0.1) is 16.9 Å². The number of carbonyl (C=O) groups is 2. The summed E-state index contributed by atoms with van der Waals surface area (Å²) in [6.45, 7) is 8.71. The molecule has 0 spiro atoms. The van der Waals surface area contributed by atoms with Crippen molar-refractivity contribution in [3.8, 4) is 11.1 Å². The molecule has 2 heterocycles. The Balaban J connectivity index is 2.00. The van der Waals surface area contributed by atoms with Gasteiger partial charge >= 0.3 is 6.09 Å². The number of halogens is 1. The molecule has 2 aromatic heterocycles. The van der Waals surface area contributed by atoms with E-state index in [2.05, 4.69) is 20.6 Å². The average molecular weight is 427 g/mol. The van der Waals surface area contributed by atoms with Gasteiger partial charge in [-0.15, -0.1) is 0 Å². The van der Waals surface area contributed by atoms with E-state index >= 15 is 0 Å². The molecule has 0 radical (unpaired) electrons. The van der Waals surface area contributed by atoms with Gasteiger partial charge in [0, 0.05) is 30.3 Å². The van der Waals surface area contributed by atoms with Crippen LogP contribution in [0.2, 0.25) is 5.02 Å². The van der Waals surface area contributed by atoms with E-state index in [1.165, 1.54) is 6.92 Å². The Bertz CT molecular complexity index is 1140. The Hall–Kier alpha value is -3.19. The van der Waals surface area contributed by atoms with Crippen molar-refractivity contribution in [2.45, 2.75) is 40.2 Å². The van der Waals surface area contributed by atoms with Crippen LogP contribution in [-0.4, -0.2) is 27.6 Å². The molecular formula is C22H23ClN4O3. The van der Waals surface area contributed by atoms with Crippen molar-refractivity contribution in [3.05, 3.63) is 47.4 Å². The maximum Gasteiger partial charge on any atom is 0.412 e. The molecule has 1 aromatic carbocycles. The van der Waals surface area contributed by atoms with Crippen molar-refractivity contribution in [1.29, 1.82) is 0 Å². The minimum absolute atomic E-state index is 0.204. The zero-order valence-corrected chi connectivity index (χ0v) is 18.2. The number of benzene rings is 1. The summed E-state index contributed by atoms with van der Waals surface area (Å²) >= 11 is 6.48. The number of amides is 2. The Morgan fingerprint density at radius 3 is 2.47 bits per heavy atom. The summed E-state index contributed by atoms with van der Waals surface area (Å²) in [5, 5.41) is 7.52. The quantitative estimate of drug-likeness (QED) is 0.571. The third-order valence-electron chi connectivity index (χ3n) is 4.25. The third-order valence-corrected chi connectivity index (χ3v) is 4.57. The zero-order valence-electron chi connectivity index (χ0n) is 17.5. The van der Waals surface area contributed by atoms with Gasteiger partial charge in [-0.1, -0.05) is 11.6 Å². The van der Waals surface area contributed by atoms with Crippen molar-refractivity contribution in [2.24, 2.45) is 0 Å². The van der Waals surface area contributed by atoms with E-state index in [0.717, 1.165) is 27.5 Å². The second-order valence-corrected chi connectivity index (χ2v) is 8.32. The standard InChI is InChI=1S/C22H23ClN4O3/c1-12-16(9-24-11-19(12)27-21(29)30-22(3,4)5)14-6-15-8-20(26-13(2)28)25-10-17(15)18(23)7-14/h6-11H,1-5H3,(H,27,29)(H,25,26,28). The Kier molecular flexibility index (Phi) is 5.94. The fourth-order valence-electron chi connectivity index (χ4n) is 2.97. The lowest BCUT2D eigenvalue weighted by molar-refractivity contribution is -0.114. The molecule has 7 nitrogen and oxygen atoms in total. The topological polar surface area (TPSA) is 93.2 Å². The number of rotatable bonds is 3. The second kappa shape index (κ2) is 8.28. The first kappa shape index (κ1) is 21.5. The van der Waals surface area contributed by atoms with Gasteiger partial charge in [0.1, 0.15) is 11.4 Å². The predicted octanol–water partition coefficient (Wildman–Crippen LogP) is 5.56. The molecule has 30 heavy (non-hydrogen) atoms. The van der Waals surface area contributed by atoms with Crippen LogP contribution in [0.1, 0.15) is 33.3 Å². The summed E-state index contributed by atoms with van der Waals surface area (Å²) in [6.07, 6.45) is 4.36. The number of carbonyl (C=O) groups excluding carboxylic acids is 2. The molecule has 2 N–H and O–H groups in total. The lowest BCUT2D eigenvalue weighted by Crippen LogP contribution is -2.27. The second-order valence-electron chi connectivity index (χ2n) is 7.92. The van der Waals surface area contributed by atoms with Crippen LogP contribution in [0.4, 0.5) is 16.3 Å². The van der Waals surface area contributed by atoms with Crippen molar-refractivity contribution in [3.63, 3.8) is 0 Å². The highest BCUT2D eigenvalue weighted by atomic mass is 35.5. The summed E-state index contributed by atoms with van der Waals surface area (Å²) in [5.74, 6) is 0.239. The number of fused-ring (bicyclic) bond motifs is 1. The molecule has 0 aliphatic rings. The van der Waals surface area contributed by atoms with Gasteiger partial charge in [0.15, 0.2) is 0 Å². The molecule has 0 unspecified atom stereocenters. The highest BCUT2D eigenvalue weighted by Crippen LogP contribution is 2.34. The van der Waals surface area contributed by atoms with Crippen molar-refractivity contribution >= 4 is 45.9 Å². The lowest BCUT2D eigenvalue weighted by Gasteiger charge is -2.20. The first-order valence-corrected chi connectivity index (χ1v) is 9.73. The molecule has 0 aliphatic carbocycles. The fourth-order valence-corrected chi connectivity index (χ4v) is 3.25. The van der Waals surface area contributed by atoms with Crippen LogP contribution >= 0.6 is 11.6 Å². The van der Waals surface area contributed by atoms with Crippen LogP contribution in [0.15, 0.2) is 36.8 Å². The van der Waals surface area contributed by atoms with Gasteiger partial charge < -0.3 is 10.1 Å². The number of anilines is 2. The van der Waals surface area contributed by atoms with Crippen molar-refractivity contribution < 1.29 is 14.3 Å². The molecule has 3 aromatic rings. The van der Waals surface area contributed by atoms with Crippen molar-refractivity contribution in [1.82, 2.24) is 9.97 Å². The lowest BCUT2D eigenvalue weighted by atomic mass is 9.99. The summed E-state index contributed by atoms with van der Waals surface area (Å²) < 4.78 is 5.32. The largest absolute Gasteiger partial charge is 0.444 e. The number of pyridine rings is 2. The van der Waals surface area contributed by atoms with Crippen LogP contribution in [0, 0.1) is 6.92 Å². The predicted molar refractivity (Wildman–Crippen MR) is 119 cm³/mol. The molecule has 0 saturated heterocycles. The molecule has 0 aliphatic heterocycles. The smallest absolute Gasteiger partial charge is 0.412 e. The number of nitrogens with zero attached hydrogens (tertiary/aromatic N) is 2. The highest BCUT2D eigenvalue weighted by molar-refractivity contribution is 6.36. The van der Waals surface area contributed by atoms with Crippen LogP contribution in [0.25, 0.3) is 21.9 Å². The van der Waals surface area contributed by atoms with E-state index in [1.807, 2.05) is 19.1 Å². The third kappa shape index (κ3) is 5.04. The van der Waals surface area contributed by atoms with Gasteiger partial charge in [0.25, 0.3) is 0 Å². The Morgan fingerprint density at radius 1 is 1.07 bits per heavy atom. The first-order chi connectivity index (χ1) is 14.0. The number of hydrogen-bond donors (Lipinski definition) is 2. The van der Waals surface area contributed by atoms with Crippen molar-refractivity contribution in [2.75, 3.05) is 10.6 Å². The molecule has 0 bridgehead atoms. The number of hydrogen-bond acceptors (Lipinski definition) is 5. The molecule has 3 rings (SSSR count). The summed E-state index contributed by atoms with van der Waals surface area (Å²) in [7, 11) is 0. The minimum atomic E-state index is -0.603. The molecular weight excluding hydrogens is 404 g/mol. The molecule has 0 saturated carbocycles. The fraction of sp³-hybridized carbons (Fsp3) is 0.273. The number of nitrogens with one attached hydrogen (secondary N) is 2. The van der Waals surface area contributed by atoms with E-state index in [-0.39, 0.29) is 5.91 Å². The highest BCUT2D eigenvalue weighted by Gasteiger charge is 2.18. The molecule has 2 amide bonds. The van der Waals surface area contributed by atoms with E-state index in [4.69, 9.17) is 16.3 Å². The van der Waals surface area contributed by atoms with Crippen LogP contribution < -0.4 is 10.6 Å². The SMILES string of the molecule is CC(=O)Nc1cc2cc(-c3cncc(NC(=O)OC(C)(C)C)c3C)cc(Cl)c2cn1. The monoisotopic (exact) mass is 426 g/mol. The van der Waals surface area contributed by atoms with Gasteiger partial charge in [-0.2, -0.15) is 0 Å². The number of ether oxygens (including phenoxy) is 1. The maximum absolute atomic E-state index is 12.2. The maximum atomic E-state index is 12.2. The summed E-state index contributed by atoms with van der Waals surface area (Å²) in [5.41, 5.74) is 2.40. The van der Waals surface area contributed by atoms with Crippen LogP contribution in [0.3, 0.4) is 0 Å². The average Bonchev–Trinajstić information content (AvgIpc) is 2.61. The van der Waals surface area contributed by atoms with E-state index in [9.17, 15) is 9.59 Å².